The second-order valence-corrected chi connectivity index (χ2v) is 13.8. The minimum Gasteiger partial charge on any atom is -0.456 e. The minimum atomic E-state index is 0.909. The Balaban J connectivity index is 1.15. The summed E-state index contributed by atoms with van der Waals surface area (Å²) in [7, 11) is 0. The second-order valence-electron chi connectivity index (χ2n) is 13.8. The number of para-hydroxylation sites is 2. The van der Waals surface area contributed by atoms with Gasteiger partial charge in [0.15, 0.2) is 0 Å². The fourth-order valence-corrected chi connectivity index (χ4v) is 8.26. The summed E-state index contributed by atoms with van der Waals surface area (Å²) in [6, 6.07) is 69.9. The molecule has 11 rings (SSSR count). The second kappa shape index (κ2) is 11.7. The largest absolute Gasteiger partial charge is 0.456 e. The zero-order valence-electron chi connectivity index (χ0n) is 28.8. The van der Waals surface area contributed by atoms with E-state index >= 15 is 0 Å². The van der Waals surface area contributed by atoms with Crippen molar-refractivity contribution in [1.82, 2.24) is 4.57 Å². The van der Waals surface area contributed by atoms with E-state index in [1.807, 2.05) is 12.1 Å². The Hall–Kier alpha value is -7.10. The zero-order chi connectivity index (χ0) is 34.9. The standard InChI is InChI=1S/C50H32N2O/c1-2-12-33(13-3-1)35-16-10-17-38(28-35)51(39-25-24-36-31-50-45(30-37(36)29-39)43-20-7-9-23-49(43)53-50)40-26-27-48-44(32-40)42-19-6-8-21-47(42)52(48)46-22-11-15-34-14-4-5-18-41(34)46/h1-32H. The Kier molecular flexibility index (Phi) is 6.55. The first-order valence-corrected chi connectivity index (χ1v) is 18.1. The van der Waals surface area contributed by atoms with Crippen LogP contribution >= 0.6 is 0 Å². The lowest BCUT2D eigenvalue weighted by Crippen LogP contribution is -2.10. The molecule has 0 atom stereocenters. The topological polar surface area (TPSA) is 21.3 Å². The van der Waals surface area contributed by atoms with Gasteiger partial charge in [-0.15, -0.1) is 0 Å². The van der Waals surface area contributed by atoms with Crippen LogP contribution < -0.4 is 4.90 Å². The third-order valence-corrected chi connectivity index (χ3v) is 10.7. The summed E-state index contributed by atoms with van der Waals surface area (Å²) in [6.45, 7) is 0. The molecule has 2 heterocycles. The van der Waals surface area contributed by atoms with Crippen LogP contribution in [0.1, 0.15) is 0 Å². The van der Waals surface area contributed by atoms with Crippen molar-refractivity contribution in [2.24, 2.45) is 0 Å². The molecule has 11 aromatic rings. The maximum Gasteiger partial charge on any atom is 0.136 e. The lowest BCUT2D eigenvalue weighted by atomic mass is 10.0. The molecule has 0 aliphatic heterocycles. The van der Waals surface area contributed by atoms with Crippen molar-refractivity contribution in [3.63, 3.8) is 0 Å². The van der Waals surface area contributed by atoms with Crippen molar-refractivity contribution in [3.8, 4) is 16.8 Å². The van der Waals surface area contributed by atoms with Gasteiger partial charge in [0.25, 0.3) is 0 Å². The molecule has 0 N–H and O–H groups in total. The highest BCUT2D eigenvalue weighted by molar-refractivity contribution is 6.13. The van der Waals surface area contributed by atoms with Gasteiger partial charge in [0.05, 0.1) is 16.7 Å². The molecule has 0 aliphatic rings. The van der Waals surface area contributed by atoms with E-state index in [0.29, 0.717) is 0 Å². The van der Waals surface area contributed by atoms with Gasteiger partial charge >= 0.3 is 0 Å². The predicted octanol–water partition coefficient (Wildman–Crippen LogP) is 14.1. The van der Waals surface area contributed by atoms with Crippen molar-refractivity contribution in [2.75, 3.05) is 4.90 Å². The fourth-order valence-electron chi connectivity index (χ4n) is 8.26. The molecule has 0 unspecified atom stereocenters. The van der Waals surface area contributed by atoms with E-state index in [1.54, 1.807) is 0 Å². The van der Waals surface area contributed by atoms with Gasteiger partial charge in [-0.05, 0) is 100 Å². The van der Waals surface area contributed by atoms with E-state index in [0.717, 1.165) is 44.4 Å². The molecule has 0 bridgehead atoms. The van der Waals surface area contributed by atoms with Crippen molar-refractivity contribution in [3.05, 3.63) is 194 Å². The van der Waals surface area contributed by atoms with E-state index in [4.69, 9.17) is 4.42 Å². The highest BCUT2D eigenvalue weighted by atomic mass is 16.3. The monoisotopic (exact) mass is 676 g/mol. The van der Waals surface area contributed by atoms with E-state index in [9.17, 15) is 0 Å². The van der Waals surface area contributed by atoms with Crippen molar-refractivity contribution < 1.29 is 4.42 Å². The summed E-state index contributed by atoms with van der Waals surface area (Å²) < 4.78 is 8.68. The number of benzene rings is 9. The molecular weight excluding hydrogens is 645 g/mol. The van der Waals surface area contributed by atoms with Crippen LogP contribution in [0.15, 0.2) is 199 Å². The highest BCUT2D eigenvalue weighted by Gasteiger charge is 2.19. The number of hydrogen-bond donors (Lipinski definition) is 0. The molecule has 0 fully saturated rings. The summed E-state index contributed by atoms with van der Waals surface area (Å²) >= 11 is 0. The zero-order valence-corrected chi connectivity index (χ0v) is 28.8. The van der Waals surface area contributed by atoms with Crippen molar-refractivity contribution >= 4 is 82.4 Å². The Labute approximate surface area is 306 Å². The molecule has 0 saturated carbocycles. The lowest BCUT2D eigenvalue weighted by molar-refractivity contribution is 0.669. The number of furan rings is 1. The van der Waals surface area contributed by atoms with Crippen LogP contribution in [0.5, 0.6) is 0 Å². The molecule has 3 nitrogen and oxygen atoms in total. The van der Waals surface area contributed by atoms with E-state index < -0.39 is 0 Å². The van der Waals surface area contributed by atoms with E-state index in [1.165, 1.54) is 54.8 Å². The highest BCUT2D eigenvalue weighted by Crippen LogP contribution is 2.43. The average molecular weight is 677 g/mol. The number of anilines is 3. The van der Waals surface area contributed by atoms with E-state index in [2.05, 4.69) is 191 Å². The van der Waals surface area contributed by atoms with Gasteiger partial charge in [-0.3, -0.25) is 0 Å². The quantitative estimate of drug-likeness (QED) is 0.181. The molecule has 0 amide bonds. The van der Waals surface area contributed by atoms with Crippen molar-refractivity contribution in [1.29, 1.82) is 0 Å². The smallest absolute Gasteiger partial charge is 0.136 e. The number of nitrogens with zero attached hydrogens (tertiary/aromatic N) is 2. The molecule has 3 heteroatoms. The van der Waals surface area contributed by atoms with Crippen LogP contribution in [0.3, 0.4) is 0 Å². The molecule has 0 spiro atoms. The summed E-state index contributed by atoms with van der Waals surface area (Å²) in [5.74, 6) is 0. The first-order valence-electron chi connectivity index (χ1n) is 18.1. The number of fused-ring (bicyclic) bond motifs is 8. The number of aromatic nitrogens is 1. The van der Waals surface area contributed by atoms with Crippen LogP contribution in [0.2, 0.25) is 0 Å². The maximum absolute atomic E-state index is 6.25. The van der Waals surface area contributed by atoms with Crippen molar-refractivity contribution in [2.45, 2.75) is 0 Å². The molecule has 0 aliphatic carbocycles. The SMILES string of the molecule is c1ccc(-c2cccc(N(c3ccc4cc5oc6ccccc6c5cc4c3)c3ccc4c(c3)c3ccccc3n4-c3cccc4ccccc34)c2)cc1. The molecule has 248 valence electrons. The normalized spacial score (nSPS) is 11.8. The minimum absolute atomic E-state index is 0.909. The summed E-state index contributed by atoms with van der Waals surface area (Å²) in [5.41, 5.74) is 11.0. The first-order chi connectivity index (χ1) is 26.3. The summed E-state index contributed by atoms with van der Waals surface area (Å²) in [6.07, 6.45) is 0. The molecular formula is C50H32N2O. The van der Waals surface area contributed by atoms with E-state index in [-0.39, 0.29) is 0 Å². The Bertz CT molecular complexity index is 3180. The van der Waals surface area contributed by atoms with Gasteiger partial charge in [-0.2, -0.15) is 0 Å². The van der Waals surface area contributed by atoms with Crippen LogP contribution in [0.4, 0.5) is 17.1 Å². The summed E-state index contributed by atoms with van der Waals surface area (Å²) in [4.78, 5) is 2.40. The lowest BCUT2D eigenvalue weighted by Gasteiger charge is -2.26. The van der Waals surface area contributed by atoms with Crippen LogP contribution in [0, 0.1) is 0 Å². The molecule has 53 heavy (non-hydrogen) atoms. The van der Waals surface area contributed by atoms with Crippen LogP contribution in [-0.4, -0.2) is 4.57 Å². The summed E-state index contributed by atoms with van der Waals surface area (Å²) in [5, 5.41) is 9.48. The Morgan fingerprint density at radius 2 is 1.02 bits per heavy atom. The first kappa shape index (κ1) is 29.6. The van der Waals surface area contributed by atoms with Crippen LogP contribution in [-0.2, 0) is 0 Å². The third-order valence-electron chi connectivity index (χ3n) is 10.7. The maximum atomic E-state index is 6.25. The number of rotatable bonds is 5. The van der Waals surface area contributed by atoms with Gasteiger partial charge in [0.2, 0.25) is 0 Å². The van der Waals surface area contributed by atoms with Gasteiger partial charge in [-0.25, -0.2) is 0 Å². The average Bonchev–Trinajstić information content (AvgIpc) is 3.75. The molecule has 2 aromatic heterocycles. The Morgan fingerprint density at radius 1 is 0.340 bits per heavy atom. The molecule has 9 aromatic carbocycles. The van der Waals surface area contributed by atoms with Gasteiger partial charge in [0.1, 0.15) is 11.2 Å². The predicted molar refractivity (Wildman–Crippen MR) is 223 cm³/mol. The fraction of sp³-hybridized carbons (Fsp3) is 0. The van der Waals surface area contributed by atoms with Crippen LogP contribution in [0.25, 0.3) is 82.1 Å². The Morgan fingerprint density at radius 3 is 1.94 bits per heavy atom. The van der Waals surface area contributed by atoms with Gasteiger partial charge in [-0.1, -0.05) is 121 Å². The number of hydrogen-bond acceptors (Lipinski definition) is 2. The molecule has 0 radical (unpaired) electrons. The third kappa shape index (κ3) is 4.75. The van der Waals surface area contributed by atoms with Gasteiger partial charge in [0, 0.05) is 44.0 Å². The molecule has 0 saturated heterocycles. The van der Waals surface area contributed by atoms with Gasteiger partial charge < -0.3 is 13.9 Å².